The molecule has 1 rings (SSSR count). The Kier molecular flexibility index (Phi) is 29.6. The third kappa shape index (κ3) is 29.7. The maximum atomic E-state index is 8.36. The van der Waals surface area contributed by atoms with Gasteiger partial charge in [0.1, 0.15) is 0 Å². The van der Waals surface area contributed by atoms with E-state index < -0.39 is 0 Å². The van der Waals surface area contributed by atoms with Crippen LogP contribution in [0.1, 0.15) is 34.1 Å². The van der Waals surface area contributed by atoms with Crippen molar-refractivity contribution in [1.82, 2.24) is 0 Å². The predicted octanol–water partition coefficient (Wildman–Crippen LogP) is 5.50. The summed E-state index contributed by atoms with van der Waals surface area (Å²) in [6.07, 6.45) is 9.17. The molecule has 0 amide bonds. The van der Waals surface area contributed by atoms with E-state index in [1.807, 2.05) is 63.2 Å². The fourth-order valence-corrected chi connectivity index (χ4v) is 0.809. The molecule has 0 aliphatic rings. The molecule has 1 aromatic carbocycles. The molecule has 112 valence electrons. The lowest BCUT2D eigenvalue weighted by Crippen LogP contribution is -1.61. The van der Waals surface area contributed by atoms with E-state index in [1.165, 1.54) is 5.57 Å². The van der Waals surface area contributed by atoms with Crippen LogP contribution in [0.5, 0.6) is 0 Å². The van der Waals surface area contributed by atoms with Gasteiger partial charge in [-0.3, -0.25) is 4.79 Å². The summed E-state index contributed by atoms with van der Waals surface area (Å²) in [5, 5.41) is 6.89. The van der Waals surface area contributed by atoms with Crippen molar-refractivity contribution in [3.63, 3.8) is 0 Å². The van der Waals surface area contributed by atoms with Gasteiger partial charge >= 0.3 is 0 Å². The highest BCUT2D eigenvalue weighted by atomic mass is 16.3. The largest absolute Gasteiger partial charge is 0.483 e. The Morgan fingerprint density at radius 3 is 1.70 bits per heavy atom. The molecule has 0 saturated heterocycles. The first-order chi connectivity index (χ1) is 9.72. The lowest BCUT2D eigenvalue weighted by atomic mass is 10.2. The number of hydrogen-bond donors (Lipinski definition) is 1. The topological polar surface area (TPSA) is 37.3 Å². The molecular formula is C18H28O2. The van der Waals surface area contributed by atoms with E-state index in [0.29, 0.717) is 0 Å². The van der Waals surface area contributed by atoms with Gasteiger partial charge in [0.15, 0.2) is 0 Å². The molecule has 0 aliphatic carbocycles. The van der Waals surface area contributed by atoms with E-state index in [9.17, 15) is 0 Å². The summed E-state index contributed by atoms with van der Waals surface area (Å²) in [5.41, 5.74) is 1.21. The number of benzene rings is 1. The van der Waals surface area contributed by atoms with Crippen molar-refractivity contribution in [2.24, 2.45) is 0 Å². The van der Waals surface area contributed by atoms with Crippen LogP contribution >= 0.6 is 0 Å². The van der Waals surface area contributed by atoms with Crippen molar-refractivity contribution < 1.29 is 9.90 Å². The molecule has 1 N–H and O–H groups in total. The van der Waals surface area contributed by atoms with Crippen LogP contribution < -0.4 is 0 Å². The molecule has 0 atom stereocenters. The first kappa shape index (κ1) is 23.0. The van der Waals surface area contributed by atoms with Gasteiger partial charge in [-0.1, -0.05) is 93.6 Å². The second-order valence-corrected chi connectivity index (χ2v) is 3.21. The number of carboxylic acid groups (broad SMARTS) is 1. The Morgan fingerprint density at radius 2 is 1.45 bits per heavy atom. The van der Waals surface area contributed by atoms with Gasteiger partial charge in [0.2, 0.25) is 0 Å². The highest BCUT2D eigenvalue weighted by Gasteiger charge is 1.71. The number of rotatable bonds is 3. The quantitative estimate of drug-likeness (QED) is 0.584. The van der Waals surface area contributed by atoms with Crippen LogP contribution in [0.3, 0.4) is 0 Å². The standard InChI is InChI=1S/C9H14.C6H6.C2H6.CH2O2/c1-4-6-7-8-9(3)5-2;1-2-4-6-5-3-1;1-2;2-1-3/h5-8H,2,4H2,1,3H3;1-6H;1-2H3;1H,(H,2,3)/b7-6-,9-8-;;;. The Labute approximate surface area is 124 Å². The molecule has 0 aromatic heterocycles. The van der Waals surface area contributed by atoms with Gasteiger partial charge in [-0.05, 0) is 13.3 Å². The molecule has 0 bridgehead atoms. The summed E-state index contributed by atoms with van der Waals surface area (Å²) in [5.74, 6) is 0. The maximum Gasteiger partial charge on any atom is 0.290 e. The Hall–Kier alpha value is -2.09. The fraction of sp³-hybridized carbons (Fsp3) is 0.278. The lowest BCUT2D eigenvalue weighted by molar-refractivity contribution is -0.122. The summed E-state index contributed by atoms with van der Waals surface area (Å²) in [4.78, 5) is 8.36. The number of allylic oxidation sites excluding steroid dienone is 5. The van der Waals surface area contributed by atoms with Crippen molar-refractivity contribution >= 4 is 6.47 Å². The van der Waals surface area contributed by atoms with Gasteiger partial charge in [0.25, 0.3) is 6.47 Å². The summed E-state index contributed by atoms with van der Waals surface area (Å²) >= 11 is 0. The average molecular weight is 276 g/mol. The molecule has 0 aliphatic heterocycles. The van der Waals surface area contributed by atoms with E-state index in [0.717, 1.165) is 6.42 Å². The summed E-state index contributed by atoms with van der Waals surface area (Å²) in [7, 11) is 0. The SMILES string of the molecule is C=C/C(C)=C\C=C/CC.CC.O=CO.c1ccccc1. The third-order valence-corrected chi connectivity index (χ3v) is 1.72. The molecule has 0 fully saturated rings. The molecule has 2 nitrogen and oxygen atoms in total. The minimum atomic E-state index is -0.250. The average Bonchev–Trinajstić information content (AvgIpc) is 2.52. The van der Waals surface area contributed by atoms with Crippen molar-refractivity contribution in [2.75, 3.05) is 0 Å². The Bertz CT molecular complexity index is 311. The molecule has 0 saturated carbocycles. The normalized spacial score (nSPS) is 8.90. The van der Waals surface area contributed by atoms with Crippen LogP contribution in [0.2, 0.25) is 0 Å². The zero-order chi connectivity index (χ0) is 16.1. The zero-order valence-corrected chi connectivity index (χ0v) is 13.1. The second kappa shape index (κ2) is 25.7. The monoisotopic (exact) mass is 276 g/mol. The number of hydrogen-bond acceptors (Lipinski definition) is 1. The molecule has 20 heavy (non-hydrogen) atoms. The van der Waals surface area contributed by atoms with E-state index >= 15 is 0 Å². The van der Waals surface area contributed by atoms with Gasteiger partial charge < -0.3 is 5.11 Å². The van der Waals surface area contributed by atoms with Gasteiger partial charge in [0, 0.05) is 0 Å². The predicted molar refractivity (Wildman–Crippen MR) is 89.9 cm³/mol. The lowest BCUT2D eigenvalue weighted by Gasteiger charge is -1.82. The first-order valence-electron chi connectivity index (χ1n) is 6.76. The van der Waals surface area contributed by atoms with Gasteiger partial charge in [0.05, 0.1) is 0 Å². The fourth-order valence-electron chi connectivity index (χ4n) is 0.809. The van der Waals surface area contributed by atoms with E-state index in [1.54, 1.807) is 0 Å². The second-order valence-electron chi connectivity index (χ2n) is 3.21. The Balaban J connectivity index is -0.000000226. The van der Waals surface area contributed by atoms with E-state index in [-0.39, 0.29) is 6.47 Å². The van der Waals surface area contributed by atoms with Crippen molar-refractivity contribution in [2.45, 2.75) is 34.1 Å². The molecule has 0 spiro atoms. The molecular weight excluding hydrogens is 248 g/mol. The van der Waals surface area contributed by atoms with Crippen LogP contribution in [0.15, 0.2) is 72.9 Å². The maximum absolute atomic E-state index is 8.36. The molecule has 2 heteroatoms. The van der Waals surface area contributed by atoms with Crippen LogP contribution in [-0.4, -0.2) is 11.6 Å². The van der Waals surface area contributed by atoms with Crippen LogP contribution in [0, 0.1) is 0 Å². The minimum Gasteiger partial charge on any atom is -0.483 e. The zero-order valence-electron chi connectivity index (χ0n) is 13.1. The van der Waals surface area contributed by atoms with Crippen LogP contribution in [-0.2, 0) is 4.79 Å². The summed E-state index contributed by atoms with van der Waals surface area (Å²) < 4.78 is 0. The number of carbonyl (C=O) groups is 1. The molecule has 0 radical (unpaired) electrons. The third-order valence-electron chi connectivity index (χ3n) is 1.72. The summed E-state index contributed by atoms with van der Waals surface area (Å²) in [6, 6.07) is 12.0. The highest BCUT2D eigenvalue weighted by molar-refractivity contribution is 5.32. The Morgan fingerprint density at radius 1 is 1.10 bits per heavy atom. The van der Waals surface area contributed by atoms with Crippen LogP contribution in [0.4, 0.5) is 0 Å². The minimum absolute atomic E-state index is 0.250. The van der Waals surface area contributed by atoms with Gasteiger partial charge in [-0.25, -0.2) is 0 Å². The van der Waals surface area contributed by atoms with E-state index in [2.05, 4.69) is 31.7 Å². The van der Waals surface area contributed by atoms with Crippen molar-refractivity contribution in [1.29, 1.82) is 0 Å². The summed E-state index contributed by atoms with van der Waals surface area (Å²) in [6.45, 7) is 11.5. The van der Waals surface area contributed by atoms with Crippen molar-refractivity contribution in [3.8, 4) is 0 Å². The smallest absolute Gasteiger partial charge is 0.290 e. The van der Waals surface area contributed by atoms with Gasteiger partial charge in [-0.2, -0.15) is 0 Å². The highest BCUT2D eigenvalue weighted by Crippen LogP contribution is 1.92. The molecule has 0 heterocycles. The van der Waals surface area contributed by atoms with E-state index in [4.69, 9.17) is 9.90 Å². The van der Waals surface area contributed by atoms with Crippen LogP contribution in [0.25, 0.3) is 0 Å². The van der Waals surface area contributed by atoms with Gasteiger partial charge in [-0.15, -0.1) is 0 Å². The molecule has 0 unspecified atom stereocenters. The molecule has 1 aromatic rings. The van der Waals surface area contributed by atoms with Crippen molar-refractivity contribution in [3.05, 3.63) is 72.9 Å². The first-order valence-corrected chi connectivity index (χ1v) is 6.76.